The van der Waals surface area contributed by atoms with Crippen LogP contribution < -0.4 is 5.32 Å². The molecule has 0 aromatic heterocycles. The van der Waals surface area contributed by atoms with E-state index in [2.05, 4.69) is 24.0 Å². The monoisotopic (exact) mass is 292 g/mol. The van der Waals surface area contributed by atoms with Crippen molar-refractivity contribution in [1.29, 1.82) is 0 Å². The highest BCUT2D eigenvalue weighted by Gasteiger charge is 2.22. The average molecular weight is 293 g/mol. The first-order valence-electron chi connectivity index (χ1n) is 7.10. The van der Waals surface area contributed by atoms with Crippen molar-refractivity contribution in [3.05, 3.63) is 47.5 Å². The van der Waals surface area contributed by atoms with Crippen LogP contribution >= 0.6 is 11.6 Å². The number of benzene rings is 1. The van der Waals surface area contributed by atoms with Crippen molar-refractivity contribution < 1.29 is 4.79 Å². The smallest absolute Gasteiger partial charge is 0.317 e. The molecule has 1 atom stereocenters. The Balaban J connectivity index is 2.04. The van der Waals surface area contributed by atoms with Crippen molar-refractivity contribution in [1.82, 2.24) is 10.2 Å². The molecule has 3 nitrogen and oxygen atoms in total. The van der Waals surface area contributed by atoms with Crippen molar-refractivity contribution in [2.45, 2.75) is 25.2 Å². The Morgan fingerprint density at radius 1 is 1.40 bits per heavy atom. The Labute approximate surface area is 125 Å². The Morgan fingerprint density at radius 3 is 2.85 bits per heavy atom. The van der Waals surface area contributed by atoms with Gasteiger partial charge in [-0.05, 0) is 30.5 Å². The fraction of sp³-hybridized carbons (Fsp3) is 0.438. The molecule has 1 N–H and O–H groups in total. The molecule has 1 aliphatic heterocycles. The molecule has 0 saturated carbocycles. The predicted octanol–water partition coefficient (Wildman–Crippen LogP) is 3.81. The van der Waals surface area contributed by atoms with Crippen LogP contribution in [0.4, 0.5) is 4.79 Å². The molecule has 20 heavy (non-hydrogen) atoms. The molecule has 4 heteroatoms. The lowest BCUT2D eigenvalue weighted by Crippen LogP contribution is -2.41. The van der Waals surface area contributed by atoms with Crippen molar-refractivity contribution in [2.75, 3.05) is 19.6 Å². The SMILES string of the molecule is C=CCNC(=O)N1CCCCC(c2ccc(Cl)cc2)C1. The number of carbonyl (C=O) groups excluding carboxylic acids is 1. The molecule has 0 spiro atoms. The fourth-order valence-corrected chi connectivity index (χ4v) is 2.73. The van der Waals surface area contributed by atoms with Crippen molar-refractivity contribution >= 4 is 17.6 Å². The van der Waals surface area contributed by atoms with E-state index in [1.165, 1.54) is 5.56 Å². The normalized spacial score (nSPS) is 19.2. The molecule has 108 valence electrons. The van der Waals surface area contributed by atoms with Gasteiger partial charge in [-0.15, -0.1) is 6.58 Å². The van der Waals surface area contributed by atoms with Gasteiger partial charge in [0.25, 0.3) is 0 Å². The van der Waals surface area contributed by atoms with E-state index in [9.17, 15) is 4.79 Å². The summed E-state index contributed by atoms with van der Waals surface area (Å²) in [7, 11) is 0. The number of amides is 2. The van der Waals surface area contributed by atoms with Gasteiger partial charge in [0.2, 0.25) is 0 Å². The second-order valence-corrected chi connectivity index (χ2v) is 5.60. The van der Waals surface area contributed by atoms with Crippen molar-refractivity contribution in [3.63, 3.8) is 0 Å². The topological polar surface area (TPSA) is 32.3 Å². The molecule has 2 rings (SSSR count). The number of urea groups is 1. The molecular weight excluding hydrogens is 272 g/mol. The number of rotatable bonds is 3. The van der Waals surface area contributed by atoms with Gasteiger partial charge in [-0.25, -0.2) is 4.79 Å². The summed E-state index contributed by atoms with van der Waals surface area (Å²) in [4.78, 5) is 14.0. The van der Waals surface area contributed by atoms with Gasteiger partial charge in [0, 0.05) is 30.6 Å². The van der Waals surface area contributed by atoms with Crippen LogP contribution in [-0.4, -0.2) is 30.6 Å². The summed E-state index contributed by atoms with van der Waals surface area (Å²) in [6.07, 6.45) is 5.03. The zero-order valence-corrected chi connectivity index (χ0v) is 12.4. The first kappa shape index (κ1) is 14.9. The second kappa shape index (κ2) is 7.34. The first-order chi connectivity index (χ1) is 9.70. The summed E-state index contributed by atoms with van der Waals surface area (Å²) in [6, 6.07) is 7.98. The van der Waals surface area contributed by atoms with Crippen LogP contribution in [0.1, 0.15) is 30.7 Å². The van der Waals surface area contributed by atoms with E-state index in [0.29, 0.717) is 12.5 Å². The Bertz CT molecular complexity index is 458. The summed E-state index contributed by atoms with van der Waals surface area (Å²) in [5.74, 6) is 0.393. The van der Waals surface area contributed by atoms with E-state index in [1.54, 1.807) is 6.08 Å². The van der Waals surface area contributed by atoms with Crippen LogP contribution in [0.15, 0.2) is 36.9 Å². The third-order valence-electron chi connectivity index (χ3n) is 3.70. The largest absolute Gasteiger partial charge is 0.335 e. The average Bonchev–Trinajstić information content (AvgIpc) is 2.71. The van der Waals surface area contributed by atoms with E-state index in [0.717, 1.165) is 37.4 Å². The highest BCUT2D eigenvalue weighted by molar-refractivity contribution is 6.30. The predicted molar refractivity (Wildman–Crippen MR) is 83.2 cm³/mol. The molecule has 1 unspecified atom stereocenters. The molecular formula is C16H21ClN2O. The lowest BCUT2D eigenvalue weighted by molar-refractivity contribution is 0.198. The van der Waals surface area contributed by atoms with Crippen LogP contribution in [0.5, 0.6) is 0 Å². The van der Waals surface area contributed by atoms with Gasteiger partial charge in [-0.2, -0.15) is 0 Å². The summed E-state index contributed by atoms with van der Waals surface area (Å²) in [5, 5.41) is 3.61. The molecule has 1 aromatic carbocycles. The van der Waals surface area contributed by atoms with Gasteiger partial charge >= 0.3 is 6.03 Å². The molecule has 1 saturated heterocycles. The van der Waals surface area contributed by atoms with E-state index >= 15 is 0 Å². The third kappa shape index (κ3) is 4.01. The van der Waals surface area contributed by atoms with Crippen LogP contribution in [0.3, 0.4) is 0 Å². The molecule has 1 fully saturated rings. The minimum atomic E-state index is 0.00534. The number of hydrogen-bond donors (Lipinski definition) is 1. The van der Waals surface area contributed by atoms with Crippen LogP contribution in [0, 0.1) is 0 Å². The Hall–Kier alpha value is -1.48. The maximum absolute atomic E-state index is 12.1. The molecule has 0 aliphatic carbocycles. The Morgan fingerprint density at radius 2 is 2.15 bits per heavy atom. The fourth-order valence-electron chi connectivity index (χ4n) is 2.60. The van der Waals surface area contributed by atoms with Crippen molar-refractivity contribution in [3.8, 4) is 0 Å². The standard InChI is InChI=1S/C16H21ClN2O/c1-2-10-18-16(20)19-11-4-3-5-14(12-19)13-6-8-15(17)9-7-13/h2,6-9,14H,1,3-5,10-12H2,(H,18,20). The summed E-state index contributed by atoms with van der Waals surface area (Å²) >= 11 is 5.94. The Kier molecular flexibility index (Phi) is 5.48. The molecule has 2 amide bonds. The maximum atomic E-state index is 12.1. The van der Waals surface area contributed by atoms with Crippen LogP contribution in [-0.2, 0) is 0 Å². The second-order valence-electron chi connectivity index (χ2n) is 5.17. The van der Waals surface area contributed by atoms with Gasteiger partial charge in [-0.1, -0.05) is 36.2 Å². The highest BCUT2D eigenvalue weighted by atomic mass is 35.5. The number of likely N-dealkylation sites (tertiary alicyclic amines) is 1. The lowest BCUT2D eigenvalue weighted by atomic mass is 9.94. The quantitative estimate of drug-likeness (QED) is 0.844. The van der Waals surface area contributed by atoms with E-state index in [4.69, 9.17) is 11.6 Å². The summed E-state index contributed by atoms with van der Waals surface area (Å²) in [6.45, 7) is 5.73. The molecule has 1 aliphatic rings. The van der Waals surface area contributed by atoms with E-state index < -0.39 is 0 Å². The molecule has 0 bridgehead atoms. The number of nitrogens with zero attached hydrogens (tertiary/aromatic N) is 1. The maximum Gasteiger partial charge on any atom is 0.317 e. The van der Waals surface area contributed by atoms with Crippen LogP contribution in [0.25, 0.3) is 0 Å². The molecule has 1 heterocycles. The summed E-state index contributed by atoms with van der Waals surface area (Å²) in [5.41, 5.74) is 1.26. The minimum Gasteiger partial charge on any atom is -0.335 e. The van der Waals surface area contributed by atoms with E-state index in [1.807, 2.05) is 17.0 Å². The zero-order chi connectivity index (χ0) is 14.4. The van der Waals surface area contributed by atoms with Gasteiger partial charge in [-0.3, -0.25) is 0 Å². The minimum absolute atomic E-state index is 0.00534. The van der Waals surface area contributed by atoms with Crippen LogP contribution in [0.2, 0.25) is 5.02 Å². The van der Waals surface area contributed by atoms with Crippen molar-refractivity contribution in [2.24, 2.45) is 0 Å². The highest BCUT2D eigenvalue weighted by Crippen LogP contribution is 2.27. The first-order valence-corrected chi connectivity index (χ1v) is 7.47. The van der Waals surface area contributed by atoms with E-state index in [-0.39, 0.29) is 6.03 Å². The number of carbonyl (C=O) groups is 1. The van der Waals surface area contributed by atoms with Gasteiger partial charge in [0.1, 0.15) is 0 Å². The van der Waals surface area contributed by atoms with Gasteiger partial charge in [0.05, 0.1) is 0 Å². The van der Waals surface area contributed by atoms with Gasteiger partial charge < -0.3 is 10.2 Å². The summed E-state index contributed by atoms with van der Waals surface area (Å²) < 4.78 is 0. The molecule has 1 aromatic rings. The van der Waals surface area contributed by atoms with Gasteiger partial charge in [0.15, 0.2) is 0 Å². The lowest BCUT2D eigenvalue weighted by Gasteiger charge is -2.25. The zero-order valence-electron chi connectivity index (χ0n) is 11.6. The molecule has 0 radical (unpaired) electrons. The third-order valence-corrected chi connectivity index (χ3v) is 3.95. The number of nitrogens with one attached hydrogen (secondary N) is 1. The number of halogens is 1. The number of hydrogen-bond acceptors (Lipinski definition) is 1.